The van der Waals surface area contributed by atoms with Crippen LogP contribution in [0, 0.1) is 0 Å². The minimum Gasteiger partial charge on any atom is -0.457 e. The average Bonchev–Trinajstić information content (AvgIpc) is 1.59. The summed E-state index contributed by atoms with van der Waals surface area (Å²) in [6.45, 7) is 6.67. The van der Waals surface area contributed by atoms with Gasteiger partial charge in [0.2, 0.25) is 0 Å². The van der Waals surface area contributed by atoms with Gasteiger partial charge in [-0.15, -0.1) is 0 Å². The Hall–Kier alpha value is -11.8. The van der Waals surface area contributed by atoms with Crippen LogP contribution in [0.4, 0.5) is 34.1 Å². The van der Waals surface area contributed by atoms with Crippen molar-refractivity contribution in [3.63, 3.8) is 0 Å². The standard InChI is InChI=1S/C25H22BN3O.C21H20BN3O.C20H20BN3O.C16H18BN3O/c1-18-28(19-10-4-3-5-11-19)22-13-7-8-14-23(22)29(18)26-16-25-21(17-27(26)2)20-12-6-9-15-24(20)30-25;1-16-24(17-8-4-3-5-9-17)12-13-25(16)22-14-21-19(15-23(22)2)18-10-6-7-11-20(18)26-21;1-14-23(3)17-9-5-6-10-18(17)24(14)21-12-20-16(13-22(21)2)15-8-4-7-11-19(15)25-20;1-12-18(2)8-9-20(12)17-10-16-14(11-19(17)3)13-6-4-5-7-15(13)21-16/h3-18H,1-2H3;3-16H,1-2H3;4-14H,1-3H3;4-12H,1-3H3/t18-;16-;14-;12-/m0000/s1/i;;;2D3. The molecule has 0 unspecified atom stereocenters. The van der Waals surface area contributed by atoms with Crippen LogP contribution in [-0.2, 0) is 0 Å². The van der Waals surface area contributed by atoms with Gasteiger partial charge in [0.25, 0.3) is 0 Å². The molecule has 0 saturated carbocycles. The smallest absolute Gasteiger partial charge is 0.408 e. The number of nitrogens with zero attached hydrogens (tertiary/aromatic N) is 12. The van der Waals surface area contributed by atoms with Crippen molar-refractivity contribution in [2.45, 2.75) is 52.4 Å². The van der Waals surface area contributed by atoms with Crippen LogP contribution < -0.4 is 66.9 Å². The summed E-state index contributed by atoms with van der Waals surface area (Å²) in [5.41, 5.74) is 14.8. The quantitative estimate of drug-likeness (QED) is 0.148. The molecular weight excluding hydrogens is 1260 g/mol. The number of furan rings is 4. The van der Waals surface area contributed by atoms with Crippen LogP contribution in [0.15, 0.2) is 249 Å². The van der Waals surface area contributed by atoms with E-state index >= 15 is 0 Å². The Labute approximate surface area is 599 Å². The number of anilines is 6. The highest BCUT2D eigenvalue weighted by Gasteiger charge is 2.43. The van der Waals surface area contributed by atoms with Gasteiger partial charge < -0.3 is 75.8 Å². The zero-order chi connectivity index (χ0) is 72.1. The van der Waals surface area contributed by atoms with Gasteiger partial charge in [-0.2, -0.15) is 0 Å². The number of benzene rings is 8. The van der Waals surface area contributed by atoms with E-state index in [0.29, 0.717) is 0 Å². The molecule has 0 saturated heterocycles. The van der Waals surface area contributed by atoms with Crippen LogP contribution in [0.25, 0.3) is 92.6 Å². The Morgan fingerprint density at radius 3 is 1.11 bits per heavy atom. The number of rotatable bonds is 6. The Balaban J connectivity index is 0.000000104. The first-order chi connectivity index (χ1) is 50.9. The highest BCUT2D eigenvalue weighted by molar-refractivity contribution is 6.76. The Bertz CT molecular complexity index is 5940. The van der Waals surface area contributed by atoms with Gasteiger partial charge in [0.1, 0.15) is 44.0 Å². The van der Waals surface area contributed by atoms with E-state index in [1.807, 2.05) is 97.7 Å². The Kier molecular flexibility index (Phi) is 15.2. The maximum absolute atomic E-state index is 7.64. The van der Waals surface area contributed by atoms with Gasteiger partial charge in [-0.3, -0.25) is 0 Å². The molecule has 12 heterocycles. The fourth-order valence-electron chi connectivity index (χ4n) is 15.9. The number of hydrogen-bond acceptors (Lipinski definition) is 16. The van der Waals surface area contributed by atoms with Gasteiger partial charge in [0.15, 0.2) is 0 Å². The highest BCUT2D eigenvalue weighted by atomic mass is 16.3. The van der Waals surface area contributed by atoms with Crippen LogP contribution in [-0.4, -0.2) is 129 Å². The van der Waals surface area contributed by atoms with Crippen molar-refractivity contribution in [2.24, 2.45) is 0 Å². The van der Waals surface area contributed by atoms with E-state index in [1.54, 1.807) is 6.20 Å². The molecule has 0 spiro atoms. The van der Waals surface area contributed by atoms with E-state index < -0.39 is 6.98 Å². The van der Waals surface area contributed by atoms with Gasteiger partial charge >= 0.3 is 27.9 Å². The fraction of sp³-hybridized carbons (Fsp3) is 0.171. The first-order valence-corrected chi connectivity index (χ1v) is 35.0. The third-order valence-corrected chi connectivity index (χ3v) is 21.3. The summed E-state index contributed by atoms with van der Waals surface area (Å²) in [6, 6.07) is 71.0. The molecule has 8 aromatic carbocycles. The predicted molar refractivity (Wildman–Crippen MR) is 423 cm³/mol. The van der Waals surface area contributed by atoms with Gasteiger partial charge in [-0.1, -0.05) is 133 Å². The SMILES string of the molecule is C[C@@H]1N(B2C=c3oc4ccccc4c3=CN2C)C=CN1c1ccccc1.C[C@@H]1N(B2C=c3oc4ccccc4c3=CN2C)c2ccccc2N1c1ccccc1.C[C@H]1N(C)c2ccccc2N1B1C=c2oc3ccccc3c2=CN1C.[2H]C([2H])([2H])N1C=CN(B2C=c3oc4ccccc4c3=CN2C)[C@H]1C. The molecule has 504 valence electrons. The lowest BCUT2D eigenvalue weighted by atomic mass is 9.69. The molecule has 20 rings (SSSR count). The average molecular weight is 1340 g/mol. The summed E-state index contributed by atoms with van der Waals surface area (Å²) in [5.74, 6) is 8.74. The predicted octanol–water partition coefficient (Wildman–Crippen LogP) is 9.71. The van der Waals surface area contributed by atoms with Gasteiger partial charge in [0.05, 0.1) is 47.4 Å². The number of para-hydroxylation sites is 10. The van der Waals surface area contributed by atoms with Crippen LogP contribution in [0.5, 0.6) is 0 Å². The van der Waals surface area contributed by atoms with E-state index in [0.717, 1.165) is 70.4 Å². The lowest BCUT2D eigenvalue weighted by Gasteiger charge is -2.37. The topological polar surface area (TPSA) is 91.4 Å². The molecular formula is C82H80B4N12O4. The van der Waals surface area contributed by atoms with Crippen LogP contribution in [0.3, 0.4) is 0 Å². The third-order valence-electron chi connectivity index (χ3n) is 21.3. The second-order valence-electron chi connectivity index (χ2n) is 27.3. The van der Waals surface area contributed by atoms with Crippen molar-refractivity contribution in [2.75, 3.05) is 66.5 Å². The summed E-state index contributed by atoms with van der Waals surface area (Å²) in [7, 11) is 10.6. The molecule has 12 aromatic rings. The largest absolute Gasteiger partial charge is 0.457 e. The molecule has 0 amide bonds. The van der Waals surface area contributed by atoms with Crippen molar-refractivity contribution in [1.82, 2.24) is 33.8 Å². The Morgan fingerprint density at radius 2 is 0.667 bits per heavy atom. The molecule has 0 fully saturated rings. The van der Waals surface area contributed by atoms with Gasteiger partial charge in [-0.25, -0.2) is 0 Å². The van der Waals surface area contributed by atoms with Gasteiger partial charge in [0, 0.05) is 122 Å². The highest BCUT2D eigenvalue weighted by Crippen LogP contribution is 2.45. The Morgan fingerprint density at radius 1 is 0.324 bits per heavy atom. The molecule has 4 aromatic heterocycles. The summed E-state index contributed by atoms with van der Waals surface area (Å²) in [4.78, 5) is 26.6. The van der Waals surface area contributed by atoms with Gasteiger partial charge in [-0.05, 0) is 153 Å². The normalized spacial score (nSPS) is 19.5. The molecule has 0 aliphatic carbocycles. The molecule has 0 radical (unpaired) electrons. The van der Waals surface area contributed by atoms with Crippen molar-refractivity contribution < 1.29 is 21.8 Å². The van der Waals surface area contributed by atoms with Crippen molar-refractivity contribution in [1.29, 1.82) is 0 Å². The lowest BCUT2D eigenvalue weighted by Crippen LogP contribution is -2.56. The fourth-order valence-corrected chi connectivity index (χ4v) is 15.9. The van der Waals surface area contributed by atoms with Crippen LogP contribution in [0.2, 0.25) is 0 Å². The zero-order valence-corrected chi connectivity index (χ0v) is 58.7. The molecule has 8 aliphatic heterocycles. The second kappa shape index (κ2) is 25.7. The van der Waals surface area contributed by atoms with Crippen LogP contribution in [0.1, 0.15) is 31.8 Å². The summed E-state index contributed by atoms with van der Waals surface area (Å²) in [6.07, 6.45) is 16.8. The second-order valence-corrected chi connectivity index (χ2v) is 27.3. The van der Waals surface area contributed by atoms with E-state index in [9.17, 15) is 0 Å². The van der Waals surface area contributed by atoms with E-state index in [4.69, 9.17) is 21.8 Å². The molecule has 102 heavy (non-hydrogen) atoms. The van der Waals surface area contributed by atoms with Crippen molar-refractivity contribution in [3.05, 3.63) is 274 Å². The van der Waals surface area contributed by atoms with Crippen molar-refractivity contribution in [3.8, 4) is 0 Å². The molecule has 0 N–H and O–H groups in total. The molecule has 20 heteroatoms. The minimum atomic E-state index is -2.15. The lowest BCUT2D eigenvalue weighted by molar-refractivity contribution is 0.266. The summed E-state index contributed by atoms with van der Waals surface area (Å²) >= 11 is 0. The monoisotopic (exact) mass is 1340 g/mol. The molecule has 4 atom stereocenters. The zero-order valence-electron chi connectivity index (χ0n) is 61.7. The third kappa shape index (κ3) is 10.9. The van der Waals surface area contributed by atoms with Crippen molar-refractivity contribution >= 4 is 155 Å². The van der Waals surface area contributed by atoms with Crippen LogP contribution >= 0.6 is 0 Å². The van der Waals surface area contributed by atoms with E-state index in [-0.39, 0.29) is 52.6 Å². The maximum Gasteiger partial charge on any atom is 0.408 e. The minimum absolute atomic E-state index is 0.0583. The summed E-state index contributed by atoms with van der Waals surface area (Å²) in [5, 5.41) is 9.14. The first-order valence-electron chi connectivity index (χ1n) is 36.5. The summed E-state index contributed by atoms with van der Waals surface area (Å²) < 4.78 is 47.3. The maximum atomic E-state index is 7.64. The number of hydrogen-bond donors (Lipinski definition) is 0. The number of fused-ring (bicyclic) bond motifs is 14. The van der Waals surface area contributed by atoms with E-state index in [1.165, 1.54) is 55.0 Å². The van der Waals surface area contributed by atoms with E-state index in [2.05, 4.69) is 292 Å². The molecule has 16 nitrogen and oxygen atoms in total. The first kappa shape index (κ1) is 60.2. The molecule has 8 aliphatic rings. The molecule has 0 bridgehead atoms.